The molecule has 0 bridgehead atoms. The maximum atomic E-state index is 12.1. The number of amides is 1. The molecular weight excluding hydrogens is 302 g/mol. The van der Waals surface area contributed by atoms with Gasteiger partial charge in [-0.1, -0.05) is 13.8 Å². The first kappa shape index (κ1) is 16.8. The lowest BCUT2D eigenvalue weighted by Crippen LogP contribution is -2.29. The Bertz CT molecular complexity index is 669. The van der Waals surface area contributed by atoms with E-state index in [2.05, 4.69) is 18.6 Å². The summed E-state index contributed by atoms with van der Waals surface area (Å²) < 4.78 is 27.3. The number of benzene rings is 1. The van der Waals surface area contributed by atoms with Gasteiger partial charge in [-0.05, 0) is 36.1 Å². The summed E-state index contributed by atoms with van der Waals surface area (Å²) in [5.41, 5.74) is 2.23. The van der Waals surface area contributed by atoms with Gasteiger partial charge in [0.05, 0.1) is 12.1 Å². The van der Waals surface area contributed by atoms with Crippen LogP contribution in [0.2, 0.25) is 0 Å². The maximum absolute atomic E-state index is 12.1. The predicted octanol–water partition coefficient (Wildman–Crippen LogP) is 1.84. The monoisotopic (exact) mass is 325 g/mol. The SMILES string of the molecule is CC(C)CCN1C(=O)Cc2cc(NS(=O)(=O)N(C)C)ccc21. The fourth-order valence-corrected chi connectivity index (χ4v) is 2.93. The van der Waals surface area contributed by atoms with Gasteiger partial charge in [0.25, 0.3) is 0 Å². The molecule has 0 aliphatic carbocycles. The highest BCUT2D eigenvalue weighted by molar-refractivity contribution is 7.90. The highest BCUT2D eigenvalue weighted by Crippen LogP contribution is 2.32. The van der Waals surface area contributed by atoms with Gasteiger partial charge in [-0.25, -0.2) is 0 Å². The molecule has 0 radical (unpaired) electrons. The number of fused-ring (bicyclic) bond motifs is 1. The standard InChI is InChI=1S/C15H23N3O3S/c1-11(2)7-8-18-14-6-5-13(9-12(14)10-15(18)19)16-22(20,21)17(3)4/h5-6,9,11,16H,7-8,10H2,1-4H3. The molecule has 0 spiro atoms. The number of nitrogens with one attached hydrogen (secondary N) is 1. The zero-order chi connectivity index (χ0) is 16.5. The highest BCUT2D eigenvalue weighted by Gasteiger charge is 2.27. The molecule has 0 saturated heterocycles. The molecule has 1 amide bonds. The van der Waals surface area contributed by atoms with Gasteiger partial charge in [0.2, 0.25) is 5.91 Å². The first-order valence-electron chi connectivity index (χ1n) is 7.34. The van der Waals surface area contributed by atoms with Crippen molar-refractivity contribution < 1.29 is 13.2 Å². The van der Waals surface area contributed by atoms with E-state index in [0.717, 1.165) is 22.0 Å². The minimum atomic E-state index is -3.53. The number of hydrogen-bond acceptors (Lipinski definition) is 3. The summed E-state index contributed by atoms with van der Waals surface area (Å²) >= 11 is 0. The first-order chi connectivity index (χ1) is 10.2. The van der Waals surface area contributed by atoms with Crippen LogP contribution < -0.4 is 9.62 Å². The van der Waals surface area contributed by atoms with Crippen LogP contribution >= 0.6 is 0 Å². The quantitative estimate of drug-likeness (QED) is 0.867. The molecule has 122 valence electrons. The topological polar surface area (TPSA) is 69.7 Å². The van der Waals surface area contributed by atoms with Crippen molar-refractivity contribution in [1.82, 2.24) is 4.31 Å². The van der Waals surface area contributed by atoms with Gasteiger partial charge in [-0.3, -0.25) is 9.52 Å². The third-order valence-corrected chi connectivity index (χ3v) is 5.13. The number of rotatable bonds is 6. The number of carbonyl (C=O) groups is 1. The lowest BCUT2D eigenvalue weighted by atomic mass is 10.1. The second-order valence-electron chi connectivity index (χ2n) is 6.14. The molecule has 1 heterocycles. The molecule has 7 heteroatoms. The Morgan fingerprint density at radius 3 is 2.59 bits per heavy atom. The Morgan fingerprint density at radius 1 is 1.32 bits per heavy atom. The molecular formula is C15H23N3O3S. The van der Waals surface area contributed by atoms with Crippen molar-refractivity contribution in [3.8, 4) is 0 Å². The van der Waals surface area contributed by atoms with Gasteiger partial charge >= 0.3 is 10.2 Å². The number of hydrogen-bond donors (Lipinski definition) is 1. The van der Waals surface area contributed by atoms with Crippen LogP contribution in [0, 0.1) is 5.92 Å². The molecule has 1 aliphatic rings. The summed E-state index contributed by atoms with van der Waals surface area (Å²) in [4.78, 5) is 13.9. The van der Waals surface area contributed by atoms with E-state index in [1.807, 2.05) is 6.07 Å². The summed E-state index contributed by atoms with van der Waals surface area (Å²) in [5, 5.41) is 0. The van der Waals surface area contributed by atoms with Crippen LogP contribution in [0.15, 0.2) is 18.2 Å². The highest BCUT2D eigenvalue weighted by atomic mass is 32.2. The molecule has 22 heavy (non-hydrogen) atoms. The minimum absolute atomic E-state index is 0.0725. The van der Waals surface area contributed by atoms with Crippen LogP contribution in [0.25, 0.3) is 0 Å². The molecule has 0 aromatic heterocycles. The Morgan fingerprint density at radius 2 is 2.00 bits per heavy atom. The van der Waals surface area contributed by atoms with Crippen molar-refractivity contribution >= 4 is 27.5 Å². The molecule has 1 aromatic rings. The second-order valence-corrected chi connectivity index (χ2v) is 8.02. The van der Waals surface area contributed by atoms with Crippen molar-refractivity contribution in [3.63, 3.8) is 0 Å². The summed E-state index contributed by atoms with van der Waals surface area (Å²) in [6.07, 6.45) is 1.27. The molecule has 1 aliphatic heterocycles. The van der Waals surface area contributed by atoms with E-state index in [1.165, 1.54) is 14.1 Å². The number of nitrogens with zero attached hydrogens (tertiary/aromatic N) is 2. The Kier molecular flexibility index (Phi) is 4.77. The largest absolute Gasteiger partial charge is 0.312 e. The third kappa shape index (κ3) is 3.59. The van der Waals surface area contributed by atoms with Crippen LogP contribution in [-0.4, -0.2) is 39.3 Å². The van der Waals surface area contributed by atoms with Crippen LogP contribution in [0.1, 0.15) is 25.8 Å². The van der Waals surface area contributed by atoms with Crippen molar-refractivity contribution in [1.29, 1.82) is 0 Å². The molecule has 0 unspecified atom stereocenters. The van der Waals surface area contributed by atoms with E-state index in [1.54, 1.807) is 17.0 Å². The summed E-state index contributed by atoms with van der Waals surface area (Å²) in [5.74, 6) is 0.603. The summed E-state index contributed by atoms with van der Waals surface area (Å²) in [7, 11) is -0.602. The van der Waals surface area contributed by atoms with Crippen LogP contribution in [-0.2, 0) is 21.4 Å². The van der Waals surface area contributed by atoms with Gasteiger partial charge < -0.3 is 4.90 Å². The van der Waals surface area contributed by atoms with Crippen molar-refractivity contribution in [3.05, 3.63) is 23.8 Å². The van der Waals surface area contributed by atoms with Gasteiger partial charge in [0.15, 0.2) is 0 Å². The van der Waals surface area contributed by atoms with Crippen molar-refractivity contribution in [2.45, 2.75) is 26.7 Å². The minimum Gasteiger partial charge on any atom is -0.312 e. The van der Waals surface area contributed by atoms with E-state index in [-0.39, 0.29) is 5.91 Å². The lowest BCUT2D eigenvalue weighted by Gasteiger charge is -2.19. The molecule has 0 saturated carbocycles. The van der Waals surface area contributed by atoms with Gasteiger partial charge in [0.1, 0.15) is 0 Å². The van der Waals surface area contributed by atoms with Crippen LogP contribution in [0.5, 0.6) is 0 Å². The van der Waals surface area contributed by atoms with E-state index in [9.17, 15) is 13.2 Å². The smallest absolute Gasteiger partial charge is 0.301 e. The van der Waals surface area contributed by atoms with Crippen molar-refractivity contribution in [2.75, 3.05) is 30.3 Å². The zero-order valence-electron chi connectivity index (χ0n) is 13.5. The van der Waals surface area contributed by atoms with Crippen LogP contribution in [0.4, 0.5) is 11.4 Å². The average Bonchev–Trinajstić information content (AvgIpc) is 2.70. The lowest BCUT2D eigenvalue weighted by molar-refractivity contribution is -0.117. The predicted molar refractivity (Wildman–Crippen MR) is 88.2 cm³/mol. The van der Waals surface area contributed by atoms with Crippen molar-refractivity contribution in [2.24, 2.45) is 5.92 Å². The van der Waals surface area contributed by atoms with E-state index >= 15 is 0 Å². The molecule has 0 fully saturated rings. The Balaban J connectivity index is 2.20. The maximum Gasteiger partial charge on any atom is 0.301 e. The second kappa shape index (κ2) is 6.26. The van der Waals surface area contributed by atoms with Gasteiger partial charge in [-0.15, -0.1) is 0 Å². The van der Waals surface area contributed by atoms with Gasteiger partial charge in [0, 0.05) is 26.3 Å². The van der Waals surface area contributed by atoms with Gasteiger partial charge in [-0.2, -0.15) is 12.7 Å². The Labute approximate surface area is 132 Å². The third-order valence-electron chi connectivity index (χ3n) is 3.67. The average molecular weight is 325 g/mol. The molecule has 1 N–H and O–H groups in total. The fraction of sp³-hybridized carbons (Fsp3) is 0.533. The number of anilines is 2. The van der Waals surface area contributed by atoms with E-state index < -0.39 is 10.2 Å². The normalized spacial score (nSPS) is 14.8. The Hall–Kier alpha value is -1.60. The van der Waals surface area contributed by atoms with E-state index in [4.69, 9.17) is 0 Å². The van der Waals surface area contributed by atoms with Crippen LogP contribution in [0.3, 0.4) is 0 Å². The number of carbonyl (C=O) groups excluding carboxylic acids is 1. The fourth-order valence-electron chi connectivity index (χ4n) is 2.32. The van der Waals surface area contributed by atoms with E-state index in [0.29, 0.717) is 24.6 Å². The first-order valence-corrected chi connectivity index (χ1v) is 8.78. The molecule has 6 nitrogen and oxygen atoms in total. The summed E-state index contributed by atoms with van der Waals surface area (Å²) in [6.45, 7) is 4.95. The summed E-state index contributed by atoms with van der Waals surface area (Å²) in [6, 6.07) is 5.25. The molecule has 2 rings (SSSR count). The molecule has 1 aromatic carbocycles. The zero-order valence-corrected chi connectivity index (χ0v) is 14.3. The molecule has 0 atom stereocenters.